The van der Waals surface area contributed by atoms with Crippen molar-refractivity contribution in [3.05, 3.63) is 29.3 Å². The predicted octanol–water partition coefficient (Wildman–Crippen LogP) is 9.37. The van der Waals surface area contributed by atoms with Crippen LogP contribution in [0, 0.1) is 13.8 Å². The van der Waals surface area contributed by atoms with Gasteiger partial charge in [-0.15, -0.1) is 0 Å². The van der Waals surface area contributed by atoms with E-state index < -0.39 is 8.32 Å². The third-order valence-corrected chi connectivity index (χ3v) is 10.5. The van der Waals surface area contributed by atoms with Gasteiger partial charge in [0.2, 0.25) is 0 Å². The summed E-state index contributed by atoms with van der Waals surface area (Å²) in [6.07, 6.45) is 16.3. The number of hydrogen-bond acceptors (Lipinski definition) is 1. The van der Waals surface area contributed by atoms with Crippen molar-refractivity contribution in [1.82, 2.24) is 0 Å². The van der Waals surface area contributed by atoms with Crippen molar-refractivity contribution in [2.24, 2.45) is 0 Å². The molecule has 0 fully saturated rings. The number of hydrogen-bond donors (Lipinski definition) is 0. The van der Waals surface area contributed by atoms with Gasteiger partial charge in [0, 0.05) is 0 Å². The number of benzene rings is 1. The molecular weight excluding hydrogens is 356 g/mol. The minimum Gasteiger partial charge on any atom is -0.543 e. The third-order valence-electron chi connectivity index (χ3n) is 5.99. The summed E-state index contributed by atoms with van der Waals surface area (Å²) in [6.45, 7) is 11.3. The van der Waals surface area contributed by atoms with E-state index in [1.54, 1.807) is 0 Å². The van der Waals surface area contributed by atoms with Gasteiger partial charge in [-0.3, -0.25) is 0 Å². The molecule has 1 aromatic carbocycles. The van der Waals surface area contributed by atoms with E-state index in [1.807, 2.05) is 0 Å². The number of aryl methyl sites for hydroxylation is 2. The maximum absolute atomic E-state index is 7.04. The van der Waals surface area contributed by atoms with Crippen LogP contribution in [0.3, 0.4) is 0 Å². The van der Waals surface area contributed by atoms with Crippen molar-refractivity contribution < 1.29 is 4.43 Å². The Morgan fingerprint density at radius 2 is 0.964 bits per heavy atom. The Balaban J connectivity index is 2.92. The second-order valence-corrected chi connectivity index (χ2v) is 13.1. The van der Waals surface area contributed by atoms with Crippen LogP contribution >= 0.6 is 0 Å². The molecule has 1 nitrogen and oxygen atoms in total. The summed E-state index contributed by atoms with van der Waals surface area (Å²) in [6, 6.07) is 10.9. The van der Waals surface area contributed by atoms with Crippen LogP contribution < -0.4 is 4.43 Å². The van der Waals surface area contributed by atoms with E-state index in [2.05, 4.69) is 52.8 Å². The second-order valence-electron chi connectivity index (χ2n) is 9.04. The molecule has 0 saturated carbocycles. The second kappa shape index (κ2) is 15.1. The Morgan fingerprint density at radius 3 is 1.32 bits per heavy atom. The van der Waals surface area contributed by atoms with Crippen molar-refractivity contribution in [1.29, 1.82) is 0 Å². The Morgan fingerprint density at radius 1 is 0.571 bits per heavy atom. The van der Waals surface area contributed by atoms with Crippen LogP contribution in [0.5, 0.6) is 5.75 Å². The highest BCUT2D eigenvalue weighted by Crippen LogP contribution is 2.33. The molecule has 0 spiro atoms. The molecule has 0 N–H and O–H groups in total. The molecule has 0 aliphatic heterocycles. The van der Waals surface area contributed by atoms with Gasteiger partial charge >= 0.3 is 0 Å². The summed E-state index contributed by atoms with van der Waals surface area (Å²) in [5.74, 6) is 1.16. The summed E-state index contributed by atoms with van der Waals surface area (Å²) in [4.78, 5) is 0. The highest BCUT2D eigenvalue weighted by Gasteiger charge is 2.35. The van der Waals surface area contributed by atoms with Crippen LogP contribution in [0.25, 0.3) is 0 Å². The molecule has 0 saturated heterocycles. The normalized spacial score (nSPS) is 11.8. The first kappa shape index (κ1) is 25.3. The quantitative estimate of drug-likeness (QED) is 0.185. The molecule has 0 aliphatic rings. The van der Waals surface area contributed by atoms with Crippen molar-refractivity contribution in [2.75, 3.05) is 0 Å². The molecule has 0 amide bonds. The Hall–Kier alpha value is -0.763. The van der Waals surface area contributed by atoms with Gasteiger partial charge < -0.3 is 4.43 Å². The lowest BCUT2D eigenvalue weighted by molar-refractivity contribution is 0.501. The van der Waals surface area contributed by atoms with E-state index in [4.69, 9.17) is 4.43 Å². The van der Waals surface area contributed by atoms with Gasteiger partial charge in [0.15, 0.2) is 0 Å². The fourth-order valence-corrected chi connectivity index (χ4v) is 8.75. The minimum atomic E-state index is -1.73. The zero-order valence-electron chi connectivity index (χ0n) is 19.7. The van der Waals surface area contributed by atoms with Crippen molar-refractivity contribution in [2.45, 2.75) is 130 Å². The molecule has 0 bridgehead atoms. The van der Waals surface area contributed by atoms with Crippen LogP contribution in [0.4, 0.5) is 0 Å². The van der Waals surface area contributed by atoms with E-state index in [0.29, 0.717) is 0 Å². The van der Waals surface area contributed by atoms with Crippen LogP contribution in [0.2, 0.25) is 18.1 Å². The summed E-state index contributed by atoms with van der Waals surface area (Å²) in [5.41, 5.74) is 2.67. The zero-order valence-corrected chi connectivity index (χ0v) is 20.7. The van der Waals surface area contributed by atoms with Crippen molar-refractivity contribution in [3.8, 4) is 5.75 Å². The van der Waals surface area contributed by atoms with Gasteiger partial charge in [0.1, 0.15) is 5.75 Å². The maximum Gasteiger partial charge on any atom is 0.251 e. The lowest BCUT2D eigenvalue weighted by atomic mass is 10.1. The van der Waals surface area contributed by atoms with Crippen LogP contribution in [-0.2, 0) is 0 Å². The van der Waals surface area contributed by atoms with Crippen LogP contribution in [-0.4, -0.2) is 8.32 Å². The standard InChI is InChI=1S/C26H48OSi/c1-6-9-12-15-18-28(19-16-13-10-7-2,20-17-14-11-8-3)27-26-22-24(4)21-25(5)23-26/h21-23H,6-20H2,1-5H3. The van der Waals surface area contributed by atoms with Gasteiger partial charge in [-0.25, -0.2) is 0 Å². The molecule has 0 heterocycles. The fourth-order valence-electron chi connectivity index (χ4n) is 4.39. The van der Waals surface area contributed by atoms with Gasteiger partial charge in [0.05, 0.1) is 0 Å². The van der Waals surface area contributed by atoms with E-state index >= 15 is 0 Å². The highest BCUT2D eigenvalue weighted by atomic mass is 28.4. The molecule has 0 atom stereocenters. The summed E-state index contributed by atoms with van der Waals surface area (Å²) < 4.78 is 7.04. The minimum absolute atomic E-state index is 1.16. The molecular formula is C26H48OSi. The molecule has 0 unspecified atom stereocenters. The van der Waals surface area contributed by atoms with E-state index in [1.165, 1.54) is 106 Å². The first-order valence-electron chi connectivity index (χ1n) is 12.3. The monoisotopic (exact) mass is 404 g/mol. The van der Waals surface area contributed by atoms with Crippen molar-refractivity contribution >= 4 is 8.32 Å². The molecule has 0 aromatic heterocycles. The van der Waals surface area contributed by atoms with Gasteiger partial charge in [-0.05, 0) is 55.2 Å². The third kappa shape index (κ3) is 10.7. The van der Waals surface area contributed by atoms with Gasteiger partial charge in [-0.2, -0.15) is 0 Å². The highest BCUT2D eigenvalue weighted by molar-refractivity contribution is 6.74. The van der Waals surface area contributed by atoms with Crippen molar-refractivity contribution in [3.63, 3.8) is 0 Å². The smallest absolute Gasteiger partial charge is 0.251 e. The molecule has 2 heteroatoms. The largest absolute Gasteiger partial charge is 0.543 e. The molecule has 162 valence electrons. The first-order chi connectivity index (χ1) is 13.5. The number of rotatable bonds is 17. The van der Waals surface area contributed by atoms with Gasteiger partial charge in [-0.1, -0.05) is 104 Å². The van der Waals surface area contributed by atoms with Gasteiger partial charge in [0.25, 0.3) is 8.32 Å². The molecule has 1 rings (SSSR count). The van der Waals surface area contributed by atoms with E-state index in [-0.39, 0.29) is 0 Å². The Labute approximate surface area is 177 Å². The summed E-state index contributed by atoms with van der Waals surface area (Å²) in [5, 5.41) is 0. The average Bonchev–Trinajstić information content (AvgIpc) is 2.65. The summed E-state index contributed by atoms with van der Waals surface area (Å²) >= 11 is 0. The molecule has 0 aliphatic carbocycles. The maximum atomic E-state index is 7.04. The number of unbranched alkanes of at least 4 members (excludes halogenated alkanes) is 9. The SMILES string of the molecule is CCCCCC[Si](CCCCCC)(CCCCCC)Oc1cc(C)cc(C)c1. The molecule has 1 aromatic rings. The topological polar surface area (TPSA) is 9.23 Å². The molecule has 28 heavy (non-hydrogen) atoms. The Kier molecular flexibility index (Phi) is 13.7. The zero-order chi connectivity index (χ0) is 20.7. The van der Waals surface area contributed by atoms with E-state index in [0.717, 1.165) is 5.75 Å². The molecule has 0 radical (unpaired) electrons. The first-order valence-corrected chi connectivity index (χ1v) is 14.9. The lowest BCUT2D eigenvalue weighted by Gasteiger charge is -2.33. The van der Waals surface area contributed by atoms with Crippen LogP contribution in [0.1, 0.15) is 109 Å². The Bertz CT molecular complexity index is 460. The predicted molar refractivity (Wildman–Crippen MR) is 129 cm³/mol. The lowest BCUT2D eigenvalue weighted by Crippen LogP contribution is -2.41. The fraction of sp³-hybridized carbons (Fsp3) is 0.769. The van der Waals surface area contributed by atoms with E-state index in [9.17, 15) is 0 Å². The van der Waals surface area contributed by atoms with Crippen LogP contribution in [0.15, 0.2) is 18.2 Å². The summed E-state index contributed by atoms with van der Waals surface area (Å²) in [7, 11) is -1.73. The average molecular weight is 405 g/mol.